The Balaban J connectivity index is 2.03. The van der Waals surface area contributed by atoms with Gasteiger partial charge in [-0.25, -0.2) is 0 Å². The maximum absolute atomic E-state index is 12.6. The summed E-state index contributed by atoms with van der Waals surface area (Å²) in [5.41, 5.74) is 0.758. The lowest BCUT2D eigenvalue weighted by atomic mass is 9.87. The van der Waals surface area contributed by atoms with Crippen molar-refractivity contribution < 1.29 is 14.1 Å². The van der Waals surface area contributed by atoms with E-state index in [2.05, 4.69) is 6.92 Å². The van der Waals surface area contributed by atoms with Gasteiger partial charge in [-0.2, -0.15) is 0 Å². The van der Waals surface area contributed by atoms with Gasteiger partial charge in [0.25, 0.3) is 0 Å². The molecule has 3 atom stereocenters. The number of carboxylic acids is 1. The number of rotatable bonds is 5. The van der Waals surface area contributed by atoms with E-state index in [4.69, 9.17) is 5.11 Å². The maximum Gasteiger partial charge on any atom is 0.307 e. The Morgan fingerprint density at radius 2 is 2.00 bits per heavy atom. The molecule has 0 aromatic heterocycles. The second-order valence-electron chi connectivity index (χ2n) is 5.57. The molecule has 0 bridgehead atoms. The number of hydrogen-bond donors (Lipinski definition) is 1. The van der Waals surface area contributed by atoms with Gasteiger partial charge in [0.1, 0.15) is 0 Å². The van der Waals surface area contributed by atoms with E-state index in [9.17, 15) is 9.00 Å². The minimum Gasteiger partial charge on any atom is -0.481 e. The van der Waals surface area contributed by atoms with Gasteiger partial charge in [0, 0.05) is 10.1 Å². The molecule has 3 nitrogen and oxygen atoms in total. The highest BCUT2D eigenvalue weighted by molar-refractivity contribution is 7.85. The van der Waals surface area contributed by atoms with Crippen LogP contribution in [0.3, 0.4) is 0 Å². The average molecular weight is 294 g/mol. The van der Waals surface area contributed by atoms with Gasteiger partial charge in [0.05, 0.1) is 17.2 Å². The molecule has 0 radical (unpaired) electrons. The van der Waals surface area contributed by atoms with Crippen molar-refractivity contribution in [1.82, 2.24) is 0 Å². The largest absolute Gasteiger partial charge is 0.481 e. The van der Waals surface area contributed by atoms with Crippen LogP contribution in [0.25, 0.3) is 0 Å². The third-order valence-corrected chi connectivity index (χ3v) is 5.90. The Bertz CT molecular complexity index is 481. The van der Waals surface area contributed by atoms with E-state index in [0.29, 0.717) is 5.92 Å². The van der Waals surface area contributed by atoms with E-state index in [1.165, 1.54) is 19.3 Å². The van der Waals surface area contributed by atoms with Gasteiger partial charge in [-0.1, -0.05) is 38.3 Å². The van der Waals surface area contributed by atoms with Crippen molar-refractivity contribution in [1.29, 1.82) is 0 Å². The van der Waals surface area contributed by atoms with Crippen LogP contribution in [-0.4, -0.2) is 20.5 Å². The highest BCUT2D eigenvalue weighted by atomic mass is 32.2. The molecule has 0 heterocycles. The third-order valence-electron chi connectivity index (χ3n) is 4.13. The van der Waals surface area contributed by atoms with Crippen molar-refractivity contribution in [2.24, 2.45) is 5.92 Å². The number of aliphatic carboxylic acids is 1. The minimum atomic E-state index is -0.961. The fraction of sp³-hybridized carbons (Fsp3) is 0.562. The molecular weight excluding hydrogens is 272 g/mol. The van der Waals surface area contributed by atoms with Crippen LogP contribution in [0.1, 0.15) is 44.6 Å². The Hall–Kier alpha value is -1.16. The molecule has 0 aliphatic heterocycles. The lowest BCUT2D eigenvalue weighted by molar-refractivity contribution is -0.136. The Morgan fingerprint density at radius 3 is 2.60 bits per heavy atom. The second kappa shape index (κ2) is 7.02. The van der Waals surface area contributed by atoms with Crippen molar-refractivity contribution in [3.05, 3.63) is 29.8 Å². The van der Waals surface area contributed by atoms with Crippen molar-refractivity contribution in [2.45, 2.75) is 55.6 Å². The molecule has 1 N–H and O–H groups in total. The first-order valence-corrected chi connectivity index (χ1v) is 8.52. The molecule has 1 fully saturated rings. The van der Waals surface area contributed by atoms with Crippen LogP contribution in [0.5, 0.6) is 0 Å². The standard InChI is InChI=1S/C16H22O3S/c1-2-12-4-3-5-15(10-12)20(19)14-8-6-13(7-9-14)11-16(17)18/h6-9,12,15H,2-5,10-11H2,1H3,(H,17,18). The molecule has 0 spiro atoms. The Morgan fingerprint density at radius 1 is 1.30 bits per heavy atom. The van der Waals surface area contributed by atoms with E-state index in [0.717, 1.165) is 23.3 Å². The number of benzene rings is 1. The van der Waals surface area contributed by atoms with Crippen LogP contribution in [0.4, 0.5) is 0 Å². The molecule has 110 valence electrons. The molecule has 4 heteroatoms. The highest BCUT2D eigenvalue weighted by Gasteiger charge is 2.26. The van der Waals surface area contributed by atoms with Crippen LogP contribution in [0.2, 0.25) is 0 Å². The lowest BCUT2D eigenvalue weighted by Gasteiger charge is -2.27. The van der Waals surface area contributed by atoms with E-state index < -0.39 is 16.8 Å². The van der Waals surface area contributed by atoms with Crippen molar-refractivity contribution in [2.75, 3.05) is 0 Å². The summed E-state index contributed by atoms with van der Waals surface area (Å²) in [6, 6.07) is 7.21. The van der Waals surface area contributed by atoms with Crippen molar-refractivity contribution >= 4 is 16.8 Å². The van der Waals surface area contributed by atoms with Crippen LogP contribution >= 0.6 is 0 Å². The molecule has 1 aromatic carbocycles. The third kappa shape index (κ3) is 3.92. The van der Waals surface area contributed by atoms with E-state index >= 15 is 0 Å². The fourth-order valence-electron chi connectivity index (χ4n) is 2.92. The van der Waals surface area contributed by atoms with E-state index in [1.54, 1.807) is 12.1 Å². The quantitative estimate of drug-likeness (QED) is 0.905. The lowest BCUT2D eigenvalue weighted by Crippen LogP contribution is -2.24. The summed E-state index contributed by atoms with van der Waals surface area (Å²) in [5, 5.41) is 9.01. The smallest absolute Gasteiger partial charge is 0.307 e. The molecule has 1 aliphatic rings. The van der Waals surface area contributed by atoms with Crippen LogP contribution < -0.4 is 0 Å². The summed E-state index contributed by atoms with van der Waals surface area (Å²) in [4.78, 5) is 11.5. The highest BCUT2D eigenvalue weighted by Crippen LogP contribution is 2.31. The number of hydrogen-bond acceptors (Lipinski definition) is 2. The minimum absolute atomic E-state index is 0.0221. The summed E-state index contributed by atoms with van der Waals surface area (Å²) in [6.07, 6.45) is 5.73. The van der Waals surface area contributed by atoms with Crippen LogP contribution in [-0.2, 0) is 22.0 Å². The second-order valence-corrected chi connectivity index (χ2v) is 7.31. The van der Waals surface area contributed by atoms with Crippen molar-refractivity contribution in [3.8, 4) is 0 Å². The molecule has 1 aliphatic carbocycles. The van der Waals surface area contributed by atoms with Crippen LogP contribution in [0, 0.1) is 5.92 Å². The molecular formula is C16H22O3S. The number of carboxylic acid groups (broad SMARTS) is 1. The molecule has 20 heavy (non-hydrogen) atoms. The zero-order valence-electron chi connectivity index (χ0n) is 11.9. The number of carbonyl (C=O) groups is 1. The topological polar surface area (TPSA) is 54.4 Å². The summed E-state index contributed by atoms with van der Waals surface area (Å²) in [6.45, 7) is 2.21. The first kappa shape index (κ1) is 15.2. The monoisotopic (exact) mass is 294 g/mol. The van der Waals surface area contributed by atoms with Gasteiger partial charge in [-0.05, 0) is 36.5 Å². The fourth-order valence-corrected chi connectivity index (χ4v) is 4.53. The van der Waals surface area contributed by atoms with Gasteiger partial charge < -0.3 is 5.11 Å². The molecule has 2 rings (SSSR count). The Labute approximate surface area is 122 Å². The molecule has 0 amide bonds. The maximum atomic E-state index is 12.6. The first-order valence-electron chi connectivity index (χ1n) is 7.31. The van der Waals surface area contributed by atoms with Gasteiger partial charge in [-0.15, -0.1) is 0 Å². The molecule has 3 unspecified atom stereocenters. The average Bonchev–Trinajstić information content (AvgIpc) is 2.47. The zero-order valence-corrected chi connectivity index (χ0v) is 12.7. The van der Waals surface area contributed by atoms with E-state index in [1.807, 2.05) is 12.1 Å². The molecule has 1 aromatic rings. The predicted molar refractivity (Wildman–Crippen MR) is 80.2 cm³/mol. The Kier molecular flexibility index (Phi) is 5.35. The summed E-state index contributed by atoms with van der Waals surface area (Å²) >= 11 is 0. The zero-order chi connectivity index (χ0) is 14.5. The summed E-state index contributed by atoms with van der Waals surface area (Å²) in [7, 11) is -0.961. The van der Waals surface area contributed by atoms with Crippen LogP contribution in [0.15, 0.2) is 29.2 Å². The van der Waals surface area contributed by atoms with Gasteiger partial charge >= 0.3 is 5.97 Å². The van der Waals surface area contributed by atoms with E-state index in [-0.39, 0.29) is 11.7 Å². The van der Waals surface area contributed by atoms with Gasteiger partial charge in [0.15, 0.2) is 0 Å². The SMILES string of the molecule is CCC1CCCC(S(=O)c2ccc(CC(=O)O)cc2)C1. The van der Waals surface area contributed by atoms with Crippen molar-refractivity contribution in [3.63, 3.8) is 0 Å². The summed E-state index contributed by atoms with van der Waals surface area (Å²) < 4.78 is 12.6. The normalized spacial score (nSPS) is 24.2. The molecule has 1 saturated carbocycles. The molecule has 0 saturated heterocycles. The predicted octanol–water partition coefficient (Wildman–Crippen LogP) is 3.39. The first-order chi connectivity index (χ1) is 9.60. The van der Waals surface area contributed by atoms with Gasteiger partial charge in [0.2, 0.25) is 0 Å². The van der Waals surface area contributed by atoms with Gasteiger partial charge in [-0.3, -0.25) is 9.00 Å². The summed E-state index contributed by atoms with van der Waals surface area (Å²) in [5.74, 6) is -0.124.